The van der Waals surface area contributed by atoms with Crippen molar-refractivity contribution in [2.45, 2.75) is 6.42 Å². The Balaban J connectivity index is 1.36. The van der Waals surface area contributed by atoms with Gasteiger partial charge in [0.1, 0.15) is 0 Å². The summed E-state index contributed by atoms with van der Waals surface area (Å²) in [6.45, 7) is 0. The predicted octanol–water partition coefficient (Wildman–Crippen LogP) is 4.99. The van der Waals surface area contributed by atoms with Gasteiger partial charge in [0, 0.05) is 12.0 Å². The van der Waals surface area contributed by atoms with E-state index in [9.17, 15) is 0 Å². The molecule has 0 aliphatic carbocycles. The van der Waals surface area contributed by atoms with E-state index in [1.165, 1.54) is 27.7 Å². The number of H-pyrrole nitrogens is 1. The van der Waals surface area contributed by atoms with E-state index in [-0.39, 0.29) is 0 Å². The van der Waals surface area contributed by atoms with Gasteiger partial charge >= 0.3 is 0 Å². The van der Waals surface area contributed by atoms with Gasteiger partial charge in [-0.1, -0.05) is 84.1 Å². The molecule has 0 spiro atoms. The Hall–Kier alpha value is -3.84. The summed E-state index contributed by atoms with van der Waals surface area (Å²) in [6.07, 6.45) is 0.671. The molecule has 0 amide bonds. The van der Waals surface area contributed by atoms with Crippen LogP contribution < -0.4 is 0 Å². The third-order valence-corrected chi connectivity index (χ3v) is 6.09. The highest BCUT2D eigenvalue weighted by Crippen LogP contribution is 2.28. The van der Waals surface area contributed by atoms with Crippen molar-refractivity contribution in [2.24, 2.45) is 0 Å². The van der Waals surface area contributed by atoms with E-state index in [4.69, 9.17) is 5.10 Å². The molecular formula is C23H16N6S. The fourth-order valence-corrected chi connectivity index (χ4v) is 4.51. The van der Waals surface area contributed by atoms with Crippen molar-refractivity contribution in [1.82, 2.24) is 30.0 Å². The first-order valence-corrected chi connectivity index (χ1v) is 10.5. The van der Waals surface area contributed by atoms with Crippen molar-refractivity contribution in [1.29, 1.82) is 0 Å². The number of hydrogen-bond donors (Lipinski definition) is 1. The molecule has 0 fully saturated rings. The highest BCUT2D eigenvalue weighted by molar-refractivity contribution is 7.19. The fraction of sp³-hybridized carbons (Fsp3) is 0.0435. The van der Waals surface area contributed by atoms with Gasteiger partial charge in [0.25, 0.3) is 0 Å². The van der Waals surface area contributed by atoms with Crippen LogP contribution in [0.2, 0.25) is 0 Å². The molecule has 0 saturated carbocycles. The van der Waals surface area contributed by atoms with Gasteiger partial charge in [0.15, 0.2) is 10.8 Å². The summed E-state index contributed by atoms with van der Waals surface area (Å²) in [5, 5.41) is 24.3. The van der Waals surface area contributed by atoms with Gasteiger partial charge in [-0.05, 0) is 22.4 Å². The van der Waals surface area contributed by atoms with Crippen LogP contribution in [0.4, 0.5) is 0 Å². The Bertz CT molecular complexity index is 1470. The molecule has 3 heterocycles. The van der Waals surface area contributed by atoms with Crippen molar-refractivity contribution in [3.63, 3.8) is 0 Å². The zero-order chi connectivity index (χ0) is 19.9. The standard InChI is InChI=1S/C23H16N6S/c1-2-8-16(9-3-1)19-14-20(25-24-19)22-28-29-21(26-27-23(29)30-22)13-17-11-6-10-15-7-4-5-12-18(15)17/h1-12,14H,13H2,(H,24,25). The monoisotopic (exact) mass is 408 g/mol. The van der Waals surface area contributed by atoms with Gasteiger partial charge in [0.05, 0.1) is 11.4 Å². The molecule has 0 saturated heterocycles. The summed E-state index contributed by atoms with van der Waals surface area (Å²) in [5.41, 5.74) is 4.05. The zero-order valence-electron chi connectivity index (χ0n) is 15.9. The summed E-state index contributed by atoms with van der Waals surface area (Å²) in [6, 6.07) is 26.9. The van der Waals surface area contributed by atoms with Gasteiger partial charge in [-0.3, -0.25) is 5.10 Å². The molecule has 0 radical (unpaired) electrons. The van der Waals surface area contributed by atoms with Crippen LogP contribution in [0.3, 0.4) is 0 Å². The van der Waals surface area contributed by atoms with Gasteiger partial charge in [0.2, 0.25) is 4.96 Å². The van der Waals surface area contributed by atoms with Crippen molar-refractivity contribution >= 4 is 27.1 Å². The minimum Gasteiger partial charge on any atom is -0.275 e. The lowest BCUT2D eigenvalue weighted by Gasteiger charge is -2.04. The minimum absolute atomic E-state index is 0.671. The minimum atomic E-state index is 0.671. The first kappa shape index (κ1) is 17.1. The number of rotatable bonds is 4. The Morgan fingerprint density at radius 2 is 1.70 bits per heavy atom. The van der Waals surface area contributed by atoms with Crippen molar-refractivity contribution in [3.8, 4) is 22.0 Å². The number of hydrogen-bond acceptors (Lipinski definition) is 5. The molecule has 0 atom stereocenters. The van der Waals surface area contributed by atoms with Crippen LogP contribution in [-0.4, -0.2) is 30.0 Å². The largest absolute Gasteiger partial charge is 0.275 e. The topological polar surface area (TPSA) is 71.8 Å². The molecule has 6 nitrogen and oxygen atoms in total. The molecule has 3 aromatic heterocycles. The number of aromatic nitrogens is 6. The second-order valence-electron chi connectivity index (χ2n) is 7.07. The smallest absolute Gasteiger partial charge is 0.235 e. The lowest BCUT2D eigenvalue weighted by Crippen LogP contribution is -1.98. The molecule has 0 bridgehead atoms. The normalized spacial score (nSPS) is 11.5. The maximum absolute atomic E-state index is 4.77. The molecule has 1 N–H and O–H groups in total. The van der Waals surface area contributed by atoms with Crippen LogP contribution in [0, 0.1) is 0 Å². The third kappa shape index (κ3) is 2.87. The SMILES string of the molecule is c1ccc(-c2cc(-c3nn4c(Cc5cccc6ccccc56)nnc4s3)[nH]n2)cc1. The highest BCUT2D eigenvalue weighted by Gasteiger charge is 2.16. The van der Waals surface area contributed by atoms with E-state index in [1.54, 1.807) is 0 Å². The van der Waals surface area contributed by atoms with Crippen LogP contribution in [0.15, 0.2) is 78.9 Å². The number of aromatic amines is 1. The van der Waals surface area contributed by atoms with Crippen molar-refractivity contribution in [3.05, 3.63) is 90.3 Å². The number of nitrogens with one attached hydrogen (secondary N) is 1. The van der Waals surface area contributed by atoms with Gasteiger partial charge in [-0.25, -0.2) is 0 Å². The number of benzene rings is 3. The van der Waals surface area contributed by atoms with E-state index < -0.39 is 0 Å². The molecule has 0 aliphatic heterocycles. The summed E-state index contributed by atoms with van der Waals surface area (Å²) in [4.78, 5) is 0.774. The average molecular weight is 408 g/mol. The maximum Gasteiger partial charge on any atom is 0.235 e. The molecule has 7 heteroatoms. The van der Waals surface area contributed by atoms with E-state index in [1.807, 2.05) is 40.9 Å². The number of nitrogens with zero attached hydrogens (tertiary/aromatic N) is 5. The molecule has 0 aliphatic rings. The summed E-state index contributed by atoms with van der Waals surface area (Å²) < 4.78 is 1.84. The Labute approximate surface area is 175 Å². The quantitative estimate of drug-likeness (QED) is 0.446. The highest BCUT2D eigenvalue weighted by atomic mass is 32.1. The Kier molecular flexibility index (Phi) is 3.92. The Morgan fingerprint density at radius 3 is 2.63 bits per heavy atom. The fourth-order valence-electron chi connectivity index (χ4n) is 3.68. The van der Waals surface area contributed by atoms with Gasteiger partial charge in [-0.2, -0.15) is 14.7 Å². The second kappa shape index (κ2) is 6.89. The van der Waals surface area contributed by atoms with Crippen LogP contribution in [0.25, 0.3) is 37.7 Å². The lowest BCUT2D eigenvalue weighted by molar-refractivity contribution is 0.855. The molecule has 30 heavy (non-hydrogen) atoms. The summed E-state index contributed by atoms with van der Waals surface area (Å²) >= 11 is 1.50. The first-order chi connectivity index (χ1) is 14.8. The molecule has 3 aromatic carbocycles. The second-order valence-corrected chi connectivity index (χ2v) is 8.02. The van der Waals surface area contributed by atoms with E-state index >= 15 is 0 Å². The van der Waals surface area contributed by atoms with Crippen LogP contribution in [0.1, 0.15) is 11.4 Å². The maximum atomic E-state index is 4.77. The lowest BCUT2D eigenvalue weighted by atomic mass is 10.0. The third-order valence-electron chi connectivity index (χ3n) is 5.16. The molecule has 0 unspecified atom stereocenters. The van der Waals surface area contributed by atoms with E-state index in [0.29, 0.717) is 6.42 Å². The zero-order valence-corrected chi connectivity index (χ0v) is 16.7. The summed E-state index contributed by atoms with van der Waals surface area (Å²) in [7, 11) is 0. The number of fused-ring (bicyclic) bond motifs is 2. The molecular weight excluding hydrogens is 392 g/mol. The predicted molar refractivity (Wildman–Crippen MR) is 118 cm³/mol. The first-order valence-electron chi connectivity index (χ1n) is 9.64. The average Bonchev–Trinajstić information content (AvgIpc) is 3.52. The van der Waals surface area contributed by atoms with Crippen molar-refractivity contribution < 1.29 is 0 Å². The summed E-state index contributed by atoms with van der Waals surface area (Å²) in [5.74, 6) is 0.826. The van der Waals surface area contributed by atoms with Gasteiger partial charge in [-0.15, -0.1) is 10.2 Å². The van der Waals surface area contributed by atoms with Crippen LogP contribution in [-0.2, 0) is 6.42 Å². The van der Waals surface area contributed by atoms with E-state index in [0.717, 1.165) is 32.7 Å². The van der Waals surface area contributed by atoms with E-state index in [2.05, 4.69) is 62.9 Å². The Morgan fingerprint density at radius 1 is 0.867 bits per heavy atom. The molecule has 6 aromatic rings. The molecule has 144 valence electrons. The van der Waals surface area contributed by atoms with Crippen molar-refractivity contribution in [2.75, 3.05) is 0 Å². The molecule has 6 rings (SSSR count). The van der Waals surface area contributed by atoms with Gasteiger partial charge < -0.3 is 0 Å². The van der Waals surface area contributed by atoms with Crippen LogP contribution in [0.5, 0.6) is 0 Å². The van der Waals surface area contributed by atoms with Crippen LogP contribution >= 0.6 is 11.3 Å².